The molecular weight excluding hydrogens is 230 g/mol. The number of ether oxygens (including phenoxy) is 1. The van der Waals surface area contributed by atoms with Gasteiger partial charge in [-0.2, -0.15) is 4.98 Å². The molecule has 1 heterocycles. The van der Waals surface area contributed by atoms with E-state index in [1.54, 1.807) is 7.11 Å². The third-order valence-electron chi connectivity index (χ3n) is 2.74. The molecule has 0 aliphatic carbocycles. The van der Waals surface area contributed by atoms with Gasteiger partial charge in [0.05, 0.1) is 0 Å². The highest BCUT2D eigenvalue weighted by Gasteiger charge is 2.20. The molecule has 0 bridgehead atoms. The minimum absolute atomic E-state index is 0.0425. The van der Waals surface area contributed by atoms with E-state index in [9.17, 15) is 0 Å². The van der Waals surface area contributed by atoms with Gasteiger partial charge in [-0.25, -0.2) is 0 Å². The van der Waals surface area contributed by atoms with Crippen LogP contribution in [0.3, 0.4) is 0 Å². The molecule has 2 N–H and O–H groups in total. The van der Waals surface area contributed by atoms with Crippen LogP contribution in [0.5, 0.6) is 0 Å². The number of aromatic nitrogens is 2. The summed E-state index contributed by atoms with van der Waals surface area (Å²) >= 11 is 0. The minimum atomic E-state index is -0.0960. The first-order chi connectivity index (χ1) is 8.35. The summed E-state index contributed by atoms with van der Waals surface area (Å²) < 4.78 is 10.5. The Morgan fingerprint density at radius 1 is 1.39 bits per heavy atom. The van der Waals surface area contributed by atoms with Crippen LogP contribution in [0.25, 0.3) is 0 Å². The van der Waals surface area contributed by atoms with E-state index in [0.29, 0.717) is 18.1 Å². The fourth-order valence-corrected chi connectivity index (χ4v) is 2.02. The van der Waals surface area contributed by atoms with Gasteiger partial charge in [0, 0.05) is 19.6 Å². The van der Waals surface area contributed by atoms with Crippen LogP contribution in [0.15, 0.2) is 4.52 Å². The molecule has 0 saturated carbocycles. The van der Waals surface area contributed by atoms with Crippen LogP contribution in [0.4, 0.5) is 0 Å². The molecule has 2 unspecified atom stereocenters. The molecule has 1 aromatic rings. The Morgan fingerprint density at radius 3 is 2.56 bits per heavy atom. The second-order valence-corrected chi connectivity index (χ2v) is 5.91. The Bertz CT molecular complexity index is 353. The molecule has 0 aromatic carbocycles. The molecule has 0 aliphatic rings. The van der Waals surface area contributed by atoms with Crippen molar-refractivity contribution in [2.75, 3.05) is 7.11 Å². The summed E-state index contributed by atoms with van der Waals surface area (Å²) in [6.45, 7) is 8.54. The zero-order valence-electron chi connectivity index (χ0n) is 12.1. The lowest BCUT2D eigenvalue weighted by Crippen LogP contribution is -2.28. The molecule has 104 valence electrons. The molecule has 0 radical (unpaired) electrons. The van der Waals surface area contributed by atoms with Crippen molar-refractivity contribution in [1.82, 2.24) is 10.1 Å². The van der Waals surface area contributed by atoms with Gasteiger partial charge in [-0.05, 0) is 18.3 Å². The zero-order valence-corrected chi connectivity index (χ0v) is 12.1. The van der Waals surface area contributed by atoms with Gasteiger partial charge in [-0.15, -0.1) is 0 Å². The van der Waals surface area contributed by atoms with E-state index in [0.717, 1.165) is 12.8 Å². The van der Waals surface area contributed by atoms with Crippen molar-refractivity contribution in [2.45, 2.75) is 59.1 Å². The molecule has 0 saturated heterocycles. The van der Waals surface area contributed by atoms with Crippen LogP contribution in [0.2, 0.25) is 0 Å². The quantitative estimate of drug-likeness (QED) is 0.845. The number of methoxy groups -OCH3 is 1. The van der Waals surface area contributed by atoms with Crippen molar-refractivity contribution in [2.24, 2.45) is 11.1 Å². The maximum Gasteiger partial charge on any atom is 0.228 e. The fraction of sp³-hybridized carbons (Fsp3) is 0.846. The van der Waals surface area contributed by atoms with Gasteiger partial charge in [0.2, 0.25) is 11.7 Å². The zero-order chi connectivity index (χ0) is 13.8. The number of nitrogens with zero attached hydrogens (tertiary/aromatic N) is 2. The highest BCUT2D eigenvalue weighted by molar-refractivity contribution is 4.93. The average Bonchev–Trinajstić information content (AvgIpc) is 2.65. The Labute approximate surface area is 109 Å². The van der Waals surface area contributed by atoms with Gasteiger partial charge in [-0.1, -0.05) is 32.9 Å². The minimum Gasteiger partial charge on any atom is -0.373 e. The molecule has 5 heteroatoms. The number of nitrogens with two attached hydrogens (primary N) is 1. The van der Waals surface area contributed by atoms with Gasteiger partial charge in [0.15, 0.2) is 0 Å². The predicted octanol–water partition coefficient (Wildman–Crippen LogP) is 2.47. The van der Waals surface area contributed by atoms with E-state index in [1.165, 1.54) is 0 Å². The molecular formula is C13H25N3O2. The molecule has 0 fully saturated rings. The SMILES string of the molecule is CCC(OC)c1noc(CC(N)CC(C)(C)C)n1. The number of hydrogen-bond acceptors (Lipinski definition) is 5. The van der Waals surface area contributed by atoms with E-state index < -0.39 is 0 Å². The van der Waals surface area contributed by atoms with E-state index in [1.807, 2.05) is 6.92 Å². The Morgan fingerprint density at radius 2 is 2.06 bits per heavy atom. The molecule has 2 atom stereocenters. The summed E-state index contributed by atoms with van der Waals surface area (Å²) in [5.41, 5.74) is 6.29. The Balaban J connectivity index is 2.58. The summed E-state index contributed by atoms with van der Waals surface area (Å²) in [7, 11) is 1.65. The first kappa shape index (κ1) is 15.1. The van der Waals surface area contributed by atoms with Gasteiger partial charge in [0.1, 0.15) is 6.10 Å². The summed E-state index contributed by atoms with van der Waals surface area (Å²) in [5.74, 6) is 1.20. The number of rotatable bonds is 6. The van der Waals surface area contributed by atoms with Gasteiger partial charge >= 0.3 is 0 Å². The molecule has 1 aromatic heterocycles. The van der Waals surface area contributed by atoms with Crippen LogP contribution < -0.4 is 5.73 Å². The smallest absolute Gasteiger partial charge is 0.228 e. The third-order valence-corrected chi connectivity index (χ3v) is 2.74. The molecule has 0 spiro atoms. The topological polar surface area (TPSA) is 74.2 Å². The average molecular weight is 255 g/mol. The summed E-state index contributed by atoms with van der Waals surface area (Å²) in [4.78, 5) is 4.34. The normalized spacial score (nSPS) is 15.7. The molecule has 5 nitrogen and oxygen atoms in total. The molecule has 18 heavy (non-hydrogen) atoms. The third kappa shape index (κ3) is 4.74. The van der Waals surface area contributed by atoms with Crippen molar-refractivity contribution in [3.63, 3.8) is 0 Å². The highest BCUT2D eigenvalue weighted by Crippen LogP contribution is 2.22. The second-order valence-electron chi connectivity index (χ2n) is 5.91. The van der Waals surface area contributed by atoms with E-state index in [4.69, 9.17) is 15.0 Å². The van der Waals surface area contributed by atoms with E-state index in [-0.39, 0.29) is 17.6 Å². The molecule has 0 aliphatic heterocycles. The lowest BCUT2D eigenvalue weighted by Gasteiger charge is -2.21. The predicted molar refractivity (Wildman–Crippen MR) is 70.1 cm³/mol. The molecule has 1 rings (SSSR count). The van der Waals surface area contributed by atoms with E-state index >= 15 is 0 Å². The van der Waals surface area contributed by atoms with E-state index in [2.05, 4.69) is 30.9 Å². The molecule has 0 amide bonds. The fourth-order valence-electron chi connectivity index (χ4n) is 2.02. The van der Waals surface area contributed by atoms with Crippen LogP contribution in [-0.4, -0.2) is 23.3 Å². The largest absolute Gasteiger partial charge is 0.373 e. The first-order valence-electron chi connectivity index (χ1n) is 6.46. The standard InChI is InChI=1S/C13H25N3O2/c1-6-10(17-5)12-15-11(18-16-12)7-9(14)8-13(2,3)4/h9-10H,6-8,14H2,1-5H3. The maximum absolute atomic E-state index is 6.08. The monoisotopic (exact) mass is 255 g/mol. The second kappa shape index (κ2) is 6.29. The van der Waals surface area contributed by atoms with Gasteiger partial charge < -0.3 is 15.0 Å². The van der Waals surface area contributed by atoms with Crippen LogP contribution >= 0.6 is 0 Å². The Kier molecular flexibility index (Phi) is 5.28. The Hall–Kier alpha value is -0.940. The lowest BCUT2D eigenvalue weighted by atomic mass is 9.87. The van der Waals surface area contributed by atoms with Gasteiger partial charge in [0.25, 0.3) is 0 Å². The first-order valence-corrected chi connectivity index (χ1v) is 6.46. The van der Waals surface area contributed by atoms with Gasteiger partial charge in [-0.3, -0.25) is 0 Å². The van der Waals surface area contributed by atoms with Crippen molar-refractivity contribution < 1.29 is 9.26 Å². The number of hydrogen-bond donors (Lipinski definition) is 1. The maximum atomic E-state index is 6.08. The van der Waals surface area contributed by atoms with Crippen LogP contribution in [0, 0.1) is 5.41 Å². The van der Waals surface area contributed by atoms with Crippen molar-refractivity contribution in [3.8, 4) is 0 Å². The van der Waals surface area contributed by atoms with Crippen molar-refractivity contribution >= 4 is 0 Å². The summed E-state index contributed by atoms with van der Waals surface area (Å²) in [6, 6.07) is 0.0425. The highest BCUT2D eigenvalue weighted by atomic mass is 16.5. The summed E-state index contributed by atoms with van der Waals surface area (Å²) in [6.07, 6.45) is 2.27. The lowest BCUT2D eigenvalue weighted by molar-refractivity contribution is 0.0903. The van der Waals surface area contributed by atoms with Crippen molar-refractivity contribution in [1.29, 1.82) is 0 Å². The van der Waals surface area contributed by atoms with Crippen LogP contribution in [0.1, 0.15) is 58.4 Å². The van der Waals surface area contributed by atoms with Crippen molar-refractivity contribution in [3.05, 3.63) is 11.7 Å². The summed E-state index contributed by atoms with van der Waals surface area (Å²) in [5, 5.41) is 3.94. The van der Waals surface area contributed by atoms with Crippen LogP contribution in [-0.2, 0) is 11.2 Å².